The smallest absolute Gasteiger partial charge is 0.262 e. The molecule has 1 fully saturated rings. The SMILES string of the molecule is Cc1ccc(SC2(Cl)C(=O)N(c3ccccc3)C2c2ccccc2)cc1. The second kappa shape index (κ2) is 6.82. The zero-order valence-electron chi connectivity index (χ0n) is 14.3. The number of para-hydroxylation sites is 1. The van der Waals surface area contributed by atoms with E-state index < -0.39 is 4.21 Å². The number of halogens is 1. The first-order chi connectivity index (χ1) is 12.6. The Morgan fingerprint density at radius 2 is 1.46 bits per heavy atom. The van der Waals surface area contributed by atoms with Crippen molar-refractivity contribution in [1.29, 1.82) is 0 Å². The van der Waals surface area contributed by atoms with E-state index in [0.717, 1.165) is 16.1 Å². The van der Waals surface area contributed by atoms with Gasteiger partial charge in [-0.15, -0.1) is 0 Å². The van der Waals surface area contributed by atoms with Gasteiger partial charge in [0.05, 0.1) is 6.04 Å². The highest BCUT2D eigenvalue weighted by Crippen LogP contribution is 2.58. The van der Waals surface area contributed by atoms with E-state index in [2.05, 4.69) is 0 Å². The quantitative estimate of drug-likeness (QED) is 0.421. The number of β-lactam (4-membered cyclic amide) rings is 1. The number of benzene rings is 3. The van der Waals surface area contributed by atoms with Crippen LogP contribution in [0.1, 0.15) is 17.2 Å². The lowest BCUT2D eigenvalue weighted by Crippen LogP contribution is -2.64. The van der Waals surface area contributed by atoms with Crippen molar-refractivity contribution in [3.05, 3.63) is 96.1 Å². The van der Waals surface area contributed by atoms with Crippen LogP contribution in [-0.2, 0) is 4.79 Å². The summed E-state index contributed by atoms with van der Waals surface area (Å²) in [6, 6.07) is 27.6. The number of thioether (sulfide) groups is 1. The molecule has 1 heterocycles. The van der Waals surface area contributed by atoms with E-state index in [-0.39, 0.29) is 11.9 Å². The maximum absolute atomic E-state index is 13.1. The minimum Gasteiger partial charge on any atom is -0.299 e. The first kappa shape index (κ1) is 17.2. The molecule has 0 saturated carbocycles. The summed E-state index contributed by atoms with van der Waals surface area (Å²) in [5, 5.41) is 0. The number of alkyl halides is 1. The second-order valence-electron chi connectivity index (χ2n) is 6.38. The zero-order chi connectivity index (χ0) is 18.1. The molecule has 3 aromatic rings. The van der Waals surface area contributed by atoms with Gasteiger partial charge < -0.3 is 0 Å². The van der Waals surface area contributed by atoms with Crippen LogP contribution >= 0.6 is 23.4 Å². The van der Waals surface area contributed by atoms with E-state index in [1.165, 1.54) is 17.3 Å². The van der Waals surface area contributed by atoms with E-state index in [4.69, 9.17) is 11.6 Å². The molecule has 0 aliphatic carbocycles. The van der Waals surface area contributed by atoms with Crippen LogP contribution in [0.5, 0.6) is 0 Å². The summed E-state index contributed by atoms with van der Waals surface area (Å²) in [4.78, 5) is 15.9. The molecule has 0 spiro atoms. The van der Waals surface area contributed by atoms with Crippen molar-refractivity contribution < 1.29 is 4.79 Å². The topological polar surface area (TPSA) is 20.3 Å². The molecular formula is C22H18ClNOS. The fourth-order valence-electron chi connectivity index (χ4n) is 3.23. The van der Waals surface area contributed by atoms with Crippen LogP contribution in [0.25, 0.3) is 0 Å². The summed E-state index contributed by atoms with van der Waals surface area (Å²) in [7, 11) is 0. The molecule has 0 radical (unpaired) electrons. The van der Waals surface area contributed by atoms with Crippen molar-refractivity contribution >= 4 is 35.0 Å². The van der Waals surface area contributed by atoms with Gasteiger partial charge in [-0.05, 0) is 36.8 Å². The average Bonchev–Trinajstić information content (AvgIpc) is 2.68. The van der Waals surface area contributed by atoms with Crippen molar-refractivity contribution in [3.8, 4) is 0 Å². The van der Waals surface area contributed by atoms with Crippen LogP contribution in [-0.4, -0.2) is 10.1 Å². The lowest BCUT2D eigenvalue weighted by Gasteiger charge is -2.52. The number of nitrogens with zero attached hydrogens (tertiary/aromatic N) is 1. The van der Waals surface area contributed by atoms with Crippen molar-refractivity contribution in [2.75, 3.05) is 4.90 Å². The number of hydrogen-bond acceptors (Lipinski definition) is 2. The Morgan fingerprint density at radius 1 is 0.885 bits per heavy atom. The van der Waals surface area contributed by atoms with Crippen molar-refractivity contribution in [2.45, 2.75) is 22.1 Å². The Kier molecular flexibility index (Phi) is 4.51. The molecule has 1 amide bonds. The van der Waals surface area contributed by atoms with Crippen molar-refractivity contribution in [1.82, 2.24) is 0 Å². The van der Waals surface area contributed by atoms with Gasteiger partial charge in [0.15, 0.2) is 4.21 Å². The average molecular weight is 380 g/mol. The predicted molar refractivity (Wildman–Crippen MR) is 109 cm³/mol. The van der Waals surface area contributed by atoms with Crippen molar-refractivity contribution in [2.24, 2.45) is 0 Å². The maximum atomic E-state index is 13.1. The van der Waals surface area contributed by atoms with Crippen LogP contribution in [0.2, 0.25) is 0 Å². The van der Waals surface area contributed by atoms with E-state index in [1.54, 1.807) is 4.90 Å². The summed E-state index contributed by atoms with van der Waals surface area (Å²) in [6.45, 7) is 2.04. The van der Waals surface area contributed by atoms with Gasteiger partial charge in [0.1, 0.15) is 0 Å². The van der Waals surface area contributed by atoms with Crippen LogP contribution in [0.4, 0.5) is 5.69 Å². The molecule has 0 N–H and O–H groups in total. The van der Waals surface area contributed by atoms with Gasteiger partial charge in [-0.25, -0.2) is 0 Å². The van der Waals surface area contributed by atoms with Crippen molar-refractivity contribution in [3.63, 3.8) is 0 Å². The number of carbonyl (C=O) groups excluding carboxylic acids is 1. The van der Waals surface area contributed by atoms with Crippen LogP contribution < -0.4 is 4.90 Å². The normalized spacial score (nSPS) is 22.2. The van der Waals surface area contributed by atoms with Crippen LogP contribution in [0.15, 0.2) is 89.8 Å². The molecule has 1 aliphatic heterocycles. The third-order valence-electron chi connectivity index (χ3n) is 4.56. The number of aryl methyl sites for hydroxylation is 1. The molecule has 130 valence electrons. The number of anilines is 1. The lowest BCUT2D eigenvalue weighted by atomic mass is 9.91. The Morgan fingerprint density at radius 3 is 2.08 bits per heavy atom. The molecular weight excluding hydrogens is 362 g/mol. The highest BCUT2D eigenvalue weighted by Gasteiger charge is 2.61. The van der Waals surface area contributed by atoms with Gasteiger partial charge in [-0.1, -0.05) is 89.6 Å². The fourth-order valence-corrected chi connectivity index (χ4v) is 4.97. The predicted octanol–water partition coefficient (Wildman–Crippen LogP) is 5.81. The summed E-state index contributed by atoms with van der Waals surface area (Å²) in [6.07, 6.45) is 0. The molecule has 0 bridgehead atoms. The van der Waals surface area contributed by atoms with Gasteiger partial charge in [-0.2, -0.15) is 0 Å². The summed E-state index contributed by atoms with van der Waals surface area (Å²) in [5.74, 6) is -0.0789. The van der Waals surface area contributed by atoms with Gasteiger partial charge in [0, 0.05) is 10.6 Å². The highest BCUT2D eigenvalue weighted by atomic mass is 35.5. The first-order valence-corrected chi connectivity index (χ1v) is 9.67. The van der Waals surface area contributed by atoms with Gasteiger partial charge >= 0.3 is 0 Å². The third kappa shape index (κ3) is 2.91. The highest BCUT2D eigenvalue weighted by molar-refractivity contribution is 8.03. The Bertz CT molecular complexity index is 914. The van der Waals surface area contributed by atoms with Crippen LogP contribution in [0.3, 0.4) is 0 Å². The number of carbonyl (C=O) groups is 1. The fraction of sp³-hybridized carbons (Fsp3) is 0.136. The number of rotatable bonds is 4. The molecule has 2 atom stereocenters. The minimum atomic E-state index is -1.05. The third-order valence-corrected chi connectivity index (χ3v) is 6.36. The van der Waals surface area contributed by atoms with Gasteiger partial charge in [0.2, 0.25) is 0 Å². The molecule has 0 aromatic heterocycles. The maximum Gasteiger partial charge on any atom is 0.262 e. The summed E-state index contributed by atoms with van der Waals surface area (Å²) in [5.41, 5.74) is 3.08. The molecule has 2 unspecified atom stereocenters. The Hall–Kier alpha value is -2.23. The van der Waals surface area contributed by atoms with E-state index >= 15 is 0 Å². The van der Waals surface area contributed by atoms with Gasteiger partial charge in [-0.3, -0.25) is 9.69 Å². The molecule has 2 nitrogen and oxygen atoms in total. The van der Waals surface area contributed by atoms with E-state index in [1.807, 2.05) is 91.9 Å². The second-order valence-corrected chi connectivity index (χ2v) is 8.52. The zero-order valence-corrected chi connectivity index (χ0v) is 15.9. The molecule has 26 heavy (non-hydrogen) atoms. The Labute approximate surface area is 162 Å². The van der Waals surface area contributed by atoms with Gasteiger partial charge in [0.25, 0.3) is 5.91 Å². The summed E-state index contributed by atoms with van der Waals surface area (Å²) >= 11 is 8.37. The number of amides is 1. The van der Waals surface area contributed by atoms with E-state index in [0.29, 0.717) is 0 Å². The molecule has 4 heteroatoms. The number of hydrogen-bond donors (Lipinski definition) is 0. The molecule has 1 aliphatic rings. The lowest BCUT2D eigenvalue weighted by molar-refractivity contribution is -0.125. The molecule has 4 rings (SSSR count). The standard InChI is InChI=1S/C22H18ClNOS/c1-16-12-14-19(15-13-16)26-22(23)20(17-8-4-2-5-9-17)24(21(22)25)18-10-6-3-7-11-18/h2-15,20H,1H3. The minimum absolute atomic E-state index is 0.0789. The molecule has 1 saturated heterocycles. The van der Waals surface area contributed by atoms with Crippen LogP contribution in [0, 0.1) is 6.92 Å². The largest absolute Gasteiger partial charge is 0.299 e. The molecule has 3 aromatic carbocycles. The first-order valence-electron chi connectivity index (χ1n) is 8.48. The Balaban J connectivity index is 1.73. The monoisotopic (exact) mass is 379 g/mol. The van der Waals surface area contributed by atoms with E-state index in [9.17, 15) is 4.79 Å². The summed E-state index contributed by atoms with van der Waals surface area (Å²) < 4.78 is -1.05.